The van der Waals surface area contributed by atoms with Gasteiger partial charge in [0.2, 0.25) is 0 Å². The largest absolute Gasteiger partial charge is 0.497 e. The highest BCUT2D eigenvalue weighted by atomic mass is 127. The molecule has 0 bridgehead atoms. The first-order chi connectivity index (χ1) is 10.1. The molecule has 1 fully saturated rings. The number of guanidine groups is 1. The van der Waals surface area contributed by atoms with Gasteiger partial charge >= 0.3 is 0 Å². The van der Waals surface area contributed by atoms with Gasteiger partial charge in [0, 0.05) is 32.6 Å². The Morgan fingerprint density at radius 3 is 2.45 bits per heavy atom. The van der Waals surface area contributed by atoms with Crippen molar-refractivity contribution in [3.63, 3.8) is 0 Å². The van der Waals surface area contributed by atoms with Crippen LogP contribution in [0.1, 0.15) is 12.5 Å². The van der Waals surface area contributed by atoms with Crippen LogP contribution in [0.4, 0.5) is 0 Å². The minimum absolute atomic E-state index is 0. The van der Waals surface area contributed by atoms with Gasteiger partial charge in [-0.25, -0.2) is 0 Å². The van der Waals surface area contributed by atoms with Gasteiger partial charge in [0.05, 0.1) is 20.3 Å². The smallest absolute Gasteiger partial charge is 0.193 e. The van der Waals surface area contributed by atoms with E-state index in [0.717, 1.165) is 38.0 Å². The zero-order valence-electron chi connectivity index (χ0n) is 13.8. The molecule has 0 amide bonds. The van der Waals surface area contributed by atoms with E-state index in [1.54, 1.807) is 7.11 Å². The van der Waals surface area contributed by atoms with E-state index in [-0.39, 0.29) is 29.4 Å². The van der Waals surface area contributed by atoms with E-state index in [1.807, 2.05) is 26.2 Å². The van der Waals surface area contributed by atoms with Crippen molar-refractivity contribution in [2.75, 3.05) is 41.0 Å². The molecule has 1 N–H and O–H groups in total. The fourth-order valence-corrected chi connectivity index (χ4v) is 2.31. The molecule has 0 saturated carbocycles. The quantitative estimate of drug-likeness (QED) is 0.452. The predicted octanol–water partition coefficient (Wildman–Crippen LogP) is 2.36. The Hall–Kier alpha value is -1.02. The number of ether oxygens (including phenoxy) is 2. The van der Waals surface area contributed by atoms with Crippen LogP contribution in [0.3, 0.4) is 0 Å². The molecule has 0 unspecified atom stereocenters. The average Bonchev–Trinajstić information content (AvgIpc) is 2.47. The monoisotopic (exact) mass is 419 g/mol. The summed E-state index contributed by atoms with van der Waals surface area (Å²) in [6.45, 7) is 5.54. The number of hydrogen-bond donors (Lipinski definition) is 1. The minimum Gasteiger partial charge on any atom is -0.497 e. The van der Waals surface area contributed by atoms with E-state index in [2.05, 4.69) is 34.3 Å². The Morgan fingerprint density at radius 2 is 2.00 bits per heavy atom. The Bertz CT molecular complexity index is 487. The molecule has 0 aliphatic carbocycles. The summed E-state index contributed by atoms with van der Waals surface area (Å²) in [6.07, 6.45) is 0. The summed E-state index contributed by atoms with van der Waals surface area (Å²) >= 11 is 0. The van der Waals surface area contributed by atoms with Gasteiger partial charge in [0.15, 0.2) is 5.96 Å². The number of hydrogen-bond acceptors (Lipinski definition) is 3. The third-order valence-electron chi connectivity index (χ3n) is 3.73. The second kappa shape index (κ2) is 8.57. The van der Waals surface area contributed by atoms with Crippen molar-refractivity contribution in [3.05, 3.63) is 29.8 Å². The molecule has 1 aromatic rings. The van der Waals surface area contributed by atoms with Crippen molar-refractivity contribution >= 4 is 29.9 Å². The molecule has 124 valence electrons. The van der Waals surface area contributed by atoms with Gasteiger partial charge in [-0.2, -0.15) is 0 Å². The summed E-state index contributed by atoms with van der Waals surface area (Å²) in [5.41, 5.74) is 1.45. The van der Waals surface area contributed by atoms with Crippen molar-refractivity contribution in [2.45, 2.75) is 13.5 Å². The van der Waals surface area contributed by atoms with Gasteiger partial charge in [-0.1, -0.05) is 19.1 Å². The molecule has 0 aromatic heterocycles. The topological polar surface area (TPSA) is 46.1 Å². The predicted molar refractivity (Wildman–Crippen MR) is 100 cm³/mol. The third kappa shape index (κ3) is 5.01. The van der Waals surface area contributed by atoms with Crippen LogP contribution in [0.5, 0.6) is 5.75 Å². The Labute approximate surface area is 150 Å². The van der Waals surface area contributed by atoms with Crippen LogP contribution in [0.15, 0.2) is 29.3 Å². The summed E-state index contributed by atoms with van der Waals surface area (Å²) in [5, 5.41) is 3.43. The van der Waals surface area contributed by atoms with E-state index in [0.29, 0.717) is 0 Å². The lowest BCUT2D eigenvalue weighted by Gasteiger charge is -2.39. The molecule has 0 radical (unpaired) electrons. The fourth-order valence-electron chi connectivity index (χ4n) is 2.31. The maximum absolute atomic E-state index is 5.28. The third-order valence-corrected chi connectivity index (χ3v) is 3.73. The molecule has 0 spiro atoms. The molecule has 1 heterocycles. The lowest BCUT2D eigenvalue weighted by atomic mass is 9.89. The number of rotatable bonds is 5. The number of nitrogens with zero attached hydrogens (tertiary/aromatic N) is 2. The SMILES string of the molecule is CN=C(NCC1(C)COC1)N(C)Cc1ccc(OC)cc1.I. The van der Waals surface area contributed by atoms with Gasteiger partial charge < -0.3 is 19.7 Å². The molecule has 0 atom stereocenters. The maximum atomic E-state index is 5.28. The van der Waals surface area contributed by atoms with E-state index < -0.39 is 0 Å². The van der Waals surface area contributed by atoms with Crippen molar-refractivity contribution in [1.29, 1.82) is 0 Å². The van der Waals surface area contributed by atoms with Gasteiger partial charge in [-0.05, 0) is 17.7 Å². The van der Waals surface area contributed by atoms with Crippen LogP contribution in [0, 0.1) is 5.41 Å². The van der Waals surface area contributed by atoms with Gasteiger partial charge in [0.25, 0.3) is 0 Å². The van der Waals surface area contributed by atoms with Crippen LogP contribution in [0.25, 0.3) is 0 Å². The number of nitrogens with one attached hydrogen (secondary N) is 1. The highest BCUT2D eigenvalue weighted by molar-refractivity contribution is 14.0. The first-order valence-corrected chi connectivity index (χ1v) is 7.19. The lowest BCUT2D eigenvalue weighted by molar-refractivity contribution is -0.0972. The molecule has 2 rings (SSSR count). The second-order valence-corrected chi connectivity index (χ2v) is 5.91. The van der Waals surface area contributed by atoms with E-state index in [4.69, 9.17) is 9.47 Å². The first kappa shape index (κ1) is 19.0. The highest BCUT2D eigenvalue weighted by Gasteiger charge is 2.33. The van der Waals surface area contributed by atoms with Crippen LogP contribution < -0.4 is 10.1 Å². The molecule has 6 heteroatoms. The van der Waals surface area contributed by atoms with Gasteiger partial charge in [0.1, 0.15) is 5.75 Å². The van der Waals surface area contributed by atoms with Crippen LogP contribution >= 0.6 is 24.0 Å². The summed E-state index contributed by atoms with van der Waals surface area (Å²) in [4.78, 5) is 6.46. The Balaban J connectivity index is 0.00000242. The van der Waals surface area contributed by atoms with Crippen molar-refractivity contribution in [3.8, 4) is 5.75 Å². The Kier molecular flexibility index (Phi) is 7.41. The highest BCUT2D eigenvalue weighted by Crippen LogP contribution is 2.25. The van der Waals surface area contributed by atoms with Crippen LogP contribution in [-0.4, -0.2) is 51.8 Å². The Morgan fingerprint density at radius 1 is 1.36 bits per heavy atom. The summed E-state index contributed by atoms with van der Waals surface area (Å²) in [6, 6.07) is 8.10. The maximum Gasteiger partial charge on any atom is 0.193 e. The molecular formula is C16H26IN3O2. The van der Waals surface area contributed by atoms with E-state index in [1.165, 1.54) is 5.56 Å². The number of halogens is 1. The van der Waals surface area contributed by atoms with E-state index in [9.17, 15) is 0 Å². The summed E-state index contributed by atoms with van der Waals surface area (Å²) in [7, 11) is 5.53. The zero-order chi connectivity index (χ0) is 15.3. The van der Waals surface area contributed by atoms with Gasteiger partial charge in [-0.15, -0.1) is 24.0 Å². The van der Waals surface area contributed by atoms with Crippen molar-refractivity contribution in [1.82, 2.24) is 10.2 Å². The molecule has 1 aliphatic heterocycles. The van der Waals surface area contributed by atoms with Crippen LogP contribution in [0.2, 0.25) is 0 Å². The second-order valence-electron chi connectivity index (χ2n) is 5.91. The normalized spacial score (nSPS) is 16.3. The molecule has 22 heavy (non-hydrogen) atoms. The minimum atomic E-state index is 0. The standard InChI is InChI=1S/C16H25N3O2.HI/c1-16(11-21-12-16)10-18-15(17-2)19(3)9-13-5-7-14(20-4)8-6-13;/h5-8H,9-12H2,1-4H3,(H,17,18);1H. The first-order valence-electron chi connectivity index (χ1n) is 7.19. The van der Waals surface area contributed by atoms with Crippen LogP contribution in [-0.2, 0) is 11.3 Å². The summed E-state index contributed by atoms with van der Waals surface area (Å²) in [5.74, 6) is 1.78. The lowest BCUT2D eigenvalue weighted by Crippen LogP contribution is -2.51. The molecular weight excluding hydrogens is 393 g/mol. The van der Waals surface area contributed by atoms with Crippen molar-refractivity contribution < 1.29 is 9.47 Å². The zero-order valence-corrected chi connectivity index (χ0v) is 16.1. The number of benzene rings is 1. The van der Waals surface area contributed by atoms with Gasteiger partial charge in [-0.3, -0.25) is 4.99 Å². The average molecular weight is 419 g/mol. The molecule has 5 nitrogen and oxygen atoms in total. The number of methoxy groups -OCH3 is 1. The molecule has 1 saturated heterocycles. The fraction of sp³-hybridized carbons (Fsp3) is 0.562. The number of aliphatic imine (C=N–C) groups is 1. The van der Waals surface area contributed by atoms with Crippen molar-refractivity contribution in [2.24, 2.45) is 10.4 Å². The molecule has 1 aromatic carbocycles. The van der Waals surface area contributed by atoms with E-state index >= 15 is 0 Å². The summed E-state index contributed by atoms with van der Waals surface area (Å²) < 4.78 is 10.5. The molecule has 1 aliphatic rings.